The Morgan fingerprint density at radius 2 is 2.27 bits per heavy atom. The zero-order valence-corrected chi connectivity index (χ0v) is 8.82. The Kier molecular flexibility index (Phi) is 2.75. The Balaban J connectivity index is 2.15. The number of nitrogens with zero attached hydrogens (tertiary/aromatic N) is 1. The average Bonchev–Trinajstić information content (AvgIpc) is 2.59. The van der Waals surface area contributed by atoms with Crippen LogP contribution in [-0.2, 0) is 17.6 Å². The molecule has 0 saturated heterocycles. The molecule has 1 aliphatic rings. The summed E-state index contributed by atoms with van der Waals surface area (Å²) in [6.45, 7) is 1.84. The maximum Gasteiger partial charge on any atom is 0.304 e. The summed E-state index contributed by atoms with van der Waals surface area (Å²) in [5.41, 5.74) is 1.04. The van der Waals surface area contributed by atoms with E-state index in [1.807, 2.05) is 6.92 Å². The van der Waals surface area contributed by atoms with Crippen LogP contribution in [0.4, 0.5) is 0 Å². The van der Waals surface area contributed by atoms with Crippen LogP contribution in [0.15, 0.2) is 4.42 Å². The average molecular weight is 209 g/mol. The molecule has 1 aromatic rings. The van der Waals surface area contributed by atoms with Gasteiger partial charge in [0.1, 0.15) is 5.76 Å². The van der Waals surface area contributed by atoms with Crippen molar-refractivity contribution in [2.75, 3.05) is 0 Å². The monoisotopic (exact) mass is 209 g/mol. The lowest BCUT2D eigenvalue weighted by Gasteiger charge is -2.05. The smallest absolute Gasteiger partial charge is 0.304 e. The van der Waals surface area contributed by atoms with Gasteiger partial charge in [-0.1, -0.05) is 6.92 Å². The van der Waals surface area contributed by atoms with Crippen LogP contribution in [0.3, 0.4) is 0 Å². The third kappa shape index (κ3) is 2.19. The van der Waals surface area contributed by atoms with Crippen LogP contribution < -0.4 is 0 Å². The van der Waals surface area contributed by atoms with E-state index in [0.29, 0.717) is 5.89 Å². The Labute approximate surface area is 88.3 Å². The fourth-order valence-corrected chi connectivity index (χ4v) is 1.93. The van der Waals surface area contributed by atoms with Crippen molar-refractivity contribution in [2.45, 2.75) is 44.9 Å². The molecule has 0 spiro atoms. The first kappa shape index (κ1) is 10.2. The van der Waals surface area contributed by atoms with E-state index in [1.54, 1.807) is 0 Å². The van der Waals surface area contributed by atoms with Gasteiger partial charge in [0, 0.05) is 12.3 Å². The number of carboxylic acids is 1. The second kappa shape index (κ2) is 4.04. The quantitative estimate of drug-likeness (QED) is 0.828. The molecule has 82 valence electrons. The van der Waals surface area contributed by atoms with Crippen LogP contribution in [0.2, 0.25) is 0 Å². The number of aryl methyl sites for hydroxylation is 2. The summed E-state index contributed by atoms with van der Waals surface area (Å²) < 4.78 is 5.59. The summed E-state index contributed by atoms with van der Waals surface area (Å²) in [5, 5.41) is 8.68. The highest BCUT2D eigenvalue weighted by Gasteiger charge is 2.21. The minimum Gasteiger partial charge on any atom is -0.481 e. The Bertz CT molecular complexity index is 346. The molecule has 0 radical (unpaired) electrons. The number of aliphatic carboxylic acids is 1. The molecular weight excluding hydrogens is 194 g/mol. The second-order valence-corrected chi connectivity index (χ2v) is 4.13. The van der Waals surface area contributed by atoms with Crippen LogP contribution >= 0.6 is 0 Å². The molecule has 0 fully saturated rings. The lowest BCUT2D eigenvalue weighted by Crippen LogP contribution is -2.03. The van der Waals surface area contributed by atoms with Crippen LogP contribution in [0.25, 0.3) is 0 Å². The van der Waals surface area contributed by atoms with E-state index >= 15 is 0 Å². The molecule has 0 amide bonds. The van der Waals surface area contributed by atoms with Gasteiger partial charge in [-0.25, -0.2) is 4.98 Å². The highest BCUT2D eigenvalue weighted by Crippen LogP contribution is 2.26. The van der Waals surface area contributed by atoms with Crippen molar-refractivity contribution in [1.29, 1.82) is 0 Å². The minimum atomic E-state index is -0.807. The highest BCUT2D eigenvalue weighted by atomic mass is 16.4. The van der Waals surface area contributed by atoms with Crippen molar-refractivity contribution in [2.24, 2.45) is 0 Å². The van der Waals surface area contributed by atoms with Gasteiger partial charge in [0.15, 0.2) is 5.89 Å². The van der Waals surface area contributed by atoms with Crippen LogP contribution in [0, 0.1) is 0 Å². The number of rotatable bonds is 3. The van der Waals surface area contributed by atoms with Crippen molar-refractivity contribution in [3.8, 4) is 0 Å². The molecule has 15 heavy (non-hydrogen) atoms. The molecule has 4 heteroatoms. The molecular formula is C11H15NO3. The SMILES string of the molecule is CC(CC(=O)O)c1nc2c(o1)CCCC2. The number of carboxylic acid groups (broad SMARTS) is 1. The summed E-state index contributed by atoms with van der Waals surface area (Å²) in [5.74, 6) is 0.615. The van der Waals surface area contributed by atoms with Gasteiger partial charge in [0.25, 0.3) is 0 Å². The number of hydrogen-bond donors (Lipinski definition) is 1. The van der Waals surface area contributed by atoms with Crippen LogP contribution in [0.5, 0.6) is 0 Å². The maximum absolute atomic E-state index is 10.6. The van der Waals surface area contributed by atoms with E-state index in [2.05, 4.69) is 4.98 Å². The number of fused-ring (bicyclic) bond motifs is 1. The first-order chi connectivity index (χ1) is 7.16. The maximum atomic E-state index is 10.6. The molecule has 1 N–H and O–H groups in total. The molecule has 1 aliphatic carbocycles. The lowest BCUT2D eigenvalue weighted by molar-refractivity contribution is -0.137. The van der Waals surface area contributed by atoms with Gasteiger partial charge in [-0.15, -0.1) is 0 Å². The standard InChI is InChI=1S/C11H15NO3/c1-7(6-10(13)14)11-12-8-4-2-3-5-9(8)15-11/h7H,2-6H2,1H3,(H,13,14). The second-order valence-electron chi connectivity index (χ2n) is 4.13. The molecule has 0 bridgehead atoms. The van der Waals surface area contributed by atoms with Gasteiger partial charge in [-0.2, -0.15) is 0 Å². The Morgan fingerprint density at radius 1 is 1.53 bits per heavy atom. The van der Waals surface area contributed by atoms with Crippen LogP contribution in [0.1, 0.15) is 49.4 Å². The number of carbonyl (C=O) groups is 1. The lowest BCUT2D eigenvalue weighted by atomic mass is 10.0. The topological polar surface area (TPSA) is 63.3 Å². The first-order valence-corrected chi connectivity index (χ1v) is 5.37. The van der Waals surface area contributed by atoms with E-state index in [9.17, 15) is 4.79 Å². The van der Waals surface area contributed by atoms with Crippen LogP contribution in [-0.4, -0.2) is 16.1 Å². The zero-order chi connectivity index (χ0) is 10.8. The molecule has 2 rings (SSSR count). The van der Waals surface area contributed by atoms with Gasteiger partial charge >= 0.3 is 5.97 Å². The first-order valence-electron chi connectivity index (χ1n) is 5.37. The highest BCUT2D eigenvalue weighted by molar-refractivity contribution is 5.67. The third-order valence-electron chi connectivity index (χ3n) is 2.76. The van der Waals surface area contributed by atoms with E-state index < -0.39 is 5.97 Å². The normalized spacial score (nSPS) is 17.1. The Morgan fingerprint density at radius 3 is 2.93 bits per heavy atom. The summed E-state index contributed by atoms with van der Waals surface area (Å²) >= 11 is 0. The largest absolute Gasteiger partial charge is 0.481 e. The minimum absolute atomic E-state index is 0.0827. The molecule has 0 aliphatic heterocycles. The number of hydrogen-bond acceptors (Lipinski definition) is 3. The summed E-state index contributed by atoms with van der Waals surface area (Å²) in [6, 6.07) is 0. The van der Waals surface area contributed by atoms with Gasteiger partial charge in [-0.3, -0.25) is 4.79 Å². The fourth-order valence-electron chi connectivity index (χ4n) is 1.93. The van der Waals surface area contributed by atoms with Gasteiger partial charge in [0.05, 0.1) is 12.1 Å². The summed E-state index contributed by atoms with van der Waals surface area (Å²) in [7, 11) is 0. The molecule has 1 atom stereocenters. The molecule has 1 heterocycles. The van der Waals surface area contributed by atoms with E-state index in [4.69, 9.17) is 9.52 Å². The van der Waals surface area contributed by atoms with E-state index in [-0.39, 0.29) is 12.3 Å². The van der Waals surface area contributed by atoms with Gasteiger partial charge in [0.2, 0.25) is 0 Å². The van der Waals surface area contributed by atoms with Gasteiger partial charge < -0.3 is 9.52 Å². The van der Waals surface area contributed by atoms with E-state index in [0.717, 1.165) is 37.1 Å². The van der Waals surface area contributed by atoms with Crippen molar-refractivity contribution in [1.82, 2.24) is 4.98 Å². The molecule has 1 aromatic heterocycles. The number of oxazole rings is 1. The zero-order valence-electron chi connectivity index (χ0n) is 8.82. The van der Waals surface area contributed by atoms with Crippen molar-refractivity contribution < 1.29 is 14.3 Å². The van der Waals surface area contributed by atoms with Crippen molar-refractivity contribution in [3.63, 3.8) is 0 Å². The Hall–Kier alpha value is -1.32. The molecule has 1 unspecified atom stereocenters. The van der Waals surface area contributed by atoms with Gasteiger partial charge in [-0.05, 0) is 19.3 Å². The fraction of sp³-hybridized carbons (Fsp3) is 0.636. The number of aromatic nitrogens is 1. The molecule has 4 nitrogen and oxygen atoms in total. The summed E-state index contributed by atoms with van der Waals surface area (Å²) in [6.07, 6.45) is 4.31. The summed E-state index contributed by atoms with van der Waals surface area (Å²) in [4.78, 5) is 14.9. The predicted octanol–water partition coefficient (Wildman–Crippen LogP) is 2.13. The predicted molar refractivity (Wildman–Crippen MR) is 53.8 cm³/mol. The van der Waals surface area contributed by atoms with Crippen molar-refractivity contribution in [3.05, 3.63) is 17.3 Å². The van der Waals surface area contributed by atoms with Crippen molar-refractivity contribution >= 4 is 5.97 Å². The molecule has 0 aromatic carbocycles. The molecule has 0 saturated carbocycles. The van der Waals surface area contributed by atoms with E-state index in [1.165, 1.54) is 0 Å². The third-order valence-corrected chi connectivity index (χ3v) is 2.76.